The summed E-state index contributed by atoms with van der Waals surface area (Å²) in [5.74, 6) is 1.22. The summed E-state index contributed by atoms with van der Waals surface area (Å²) < 4.78 is 11.0. The fourth-order valence-electron chi connectivity index (χ4n) is 2.98. The monoisotopic (exact) mass is 475 g/mol. The fraction of sp³-hybridized carbons (Fsp3) is 0.348. The molecule has 0 bridgehead atoms. The van der Waals surface area contributed by atoms with Crippen molar-refractivity contribution in [2.24, 2.45) is 5.10 Å². The van der Waals surface area contributed by atoms with E-state index in [0.29, 0.717) is 28.8 Å². The van der Waals surface area contributed by atoms with Gasteiger partial charge in [0.2, 0.25) is 5.91 Å². The van der Waals surface area contributed by atoms with Gasteiger partial charge in [0.05, 0.1) is 18.1 Å². The molecule has 3 rings (SSSR count). The quantitative estimate of drug-likeness (QED) is 0.384. The van der Waals surface area contributed by atoms with E-state index in [4.69, 9.17) is 21.1 Å². The molecule has 0 radical (unpaired) electrons. The van der Waals surface area contributed by atoms with Crippen LogP contribution < -0.4 is 15.5 Å². The Kier molecular flexibility index (Phi) is 9.87. The van der Waals surface area contributed by atoms with Crippen molar-refractivity contribution in [1.82, 2.24) is 10.7 Å². The van der Waals surface area contributed by atoms with Crippen LogP contribution >= 0.6 is 23.4 Å². The van der Waals surface area contributed by atoms with Crippen LogP contribution in [0.4, 0.5) is 0 Å². The van der Waals surface area contributed by atoms with E-state index in [1.54, 1.807) is 30.5 Å². The van der Waals surface area contributed by atoms with Crippen molar-refractivity contribution < 1.29 is 19.1 Å². The lowest BCUT2D eigenvalue weighted by molar-refractivity contribution is -0.123. The third-order valence-corrected chi connectivity index (χ3v) is 5.83. The fourth-order valence-corrected chi connectivity index (χ4v) is 3.96. The number of hydrazone groups is 1. The number of hydrogen-bond donors (Lipinski definition) is 2. The second-order valence-corrected chi connectivity index (χ2v) is 8.63. The molecular weight excluding hydrogens is 450 g/mol. The number of nitrogens with one attached hydrogen (secondary N) is 2. The third-order valence-electron chi connectivity index (χ3n) is 4.59. The number of amides is 2. The molecule has 1 atom stereocenters. The molecule has 2 aromatic rings. The summed E-state index contributed by atoms with van der Waals surface area (Å²) in [5, 5.41) is 7.47. The van der Waals surface area contributed by atoms with Gasteiger partial charge in [-0.3, -0.25) is 9.59 Å². The van der Waals surface area contributed by atoms with Gasteiger partial charge >= 0.3 is 0 Å². The van der Waals surface area contributed by atoms with E-state index in [2.05, 4.69) is 15.8 Å². The molecule has 0 saturated carbocycles. The van der Waals surface area contributed by atoms with Crippen LogP contribution in [-0.4, -0.2) is 49.6 Å². The Labute approximate surface area is 196 Å². The maximum absolute atomic E-state index is 11.9. The summed E-state index contributed by atoms with van der Waals surface area (Å²) in [6, 6.07) is 14.7. The molecule has 2 aromatic carbocycles. The van der Waals surface area contributed by atoms with Gasteiger partial charge in [-0.05, 0) is 60.4 Å². The first-order chi connectivity index (χ1) is 15.6. The van der Waals surface area contributed by atoms with Gasteiger partial charge in [0.1, 0.15) is 5.75 Å². The molecule has 0 unspecified atom stereocenters. The zero-order valence-corrected chi connectivity index (χ0v) is 19.2. The topological polar surface area (TPSA) is 89.0 Å². The van der Waals surface area contributed by atoms with Gasteiger partial charge in [-0.1, -0.05) is 23.7 Å². The molecule has 1 fully saturated rings. The first kappa shape index (κ1) is 24.1. The number of nitrogens with zero attached hydrogens (tertiary/aromatic N) is 1. The molecule has 1 aliphatic heterocycles. The molecule has 2 N–H and O–H groups in total. The highest BCUT2D eigenvalue weighted by Gasteiger charge is 2.16. The van der Waals surface area contributed by atoms with Crippen molar-refractivity contribution in [1.29, 1.82) is 0 Å². The molecule has 1 aliphatic rings. The molecule has 0 spiro atoms. The minimum atomic E-state index is -0.179. The summed E-state index contributed by atoms with van der Waals surface area (Å²) >= 11 is 7.44. The number of ether oxygens (including phenoxy) is 2. The normalized spacial score (nSPS) is 15.6. The highest BCUT2D eigenvalue weighted by atomic mass is 35.5. The Morgan fingerprint density at radius 3 is 2.81 bits per heavy atom. The molecule has 9 heteroatoms. The maximum atomic E-state index is 11.9. The van der Waals surface area contributed by atoms with E-state index in [1.165, 1.54) is 11.8 Å². The smallest absolute Gasteiger partial charge is 0.258 e. The van der Waals surface area contributed by atoms with Crippen LogP contribution in [-0.2, 0) is 20.1 Å². The average Bonchev–Trinajstić information content (AvgIpc) is 3.31. The van der Waals surface area contributed by atoms with E-state index in [-0.39, 0.29) is 24.5 Å². The van der Waals surface area contributed by atoms with Gasteiger partial charge in [-0.15, -0.1) is 11.8 Å². The lowest BCUT2D eigenvalue weighted by atomic mass is 10.2. The van der Waals surface area contributed by atoms with Crippen LogP contribution in [0, 0.1) is 0 Å². The van der Waals surface area contributed by atoms with Gasteiger partial charge in [-0.25, -0.2) is 5.43 Å². The van der Waals surface area contributed by atoms with Crippen LogP contribution in [0.1, 0.15) is 24.0 Å². The number of carbonyl (C=O) groups excluding carboxylic acids is 2. The summed E-state index contributed by atoms with van der Waals surface area (Å²) in [7, 11) is 0. The van der Waals surface area contributed by atoms with Gasteiger partial charge < -0.3 is 14.8 Å². The van der Waals surface area contributed by atoms with E-state index in [9.17, 15) is 9.59 Å². The number of benzene rings is 2. The number of hydrogen-bond acceptors (Lipinski definition) is 6. The SMILES string of the molecule is O=C(COc1ccc(/C=N\NC(=O)CSCc2cccc(Cl)c2)cc1)NC[C@@H]1CCCO1. The van der Waals surface area contributed by atoms with Crippen molar-refractivity contribution in [2.45, 2.75) is 24.7 Å². The minimum absolute atomic E-state index is 0.0525. The van der Waals surface area contributed by atoms with Crippen molar-refractivity contribution in [3.63, 3.8) is 0 Å². The molecule has 0 aromatic heterocycles. The summed E-state index contributed by atoms with van der Waals surface area (Å²) in [4.78, 5) is 23.7. The maximum Gasteiger partial charge on any atom is 0.258 e. The largest absolute Gasteiger partial charge is 0.484 e. The Bertz CT molecular complexity index is 918. The van der Waals surface area contributed by atoms with E-state index >= 15 is 0 Å². The van der Waals surface area contributed by atoms with Crippen LogP contribution in [0.5, 0.6) is 5.75 Å². The average molecular weight is 476 g/mol. The highest BCUT2D eigenvalue weighted by molar-refractivity contribution is 7.99. The number of thioether (sulfide) groups is 1. The summed E-state index contributed by atoms with van der Waals surface area (Å²) in [6.45, 7) is 1.23. The third kappa shape index (κ3) is 8.90. The first-order valence-electron chi connectivity index (χ1n) is 10.3. The molecule has 0 aliphatic carbocycles. The van der Waals surface area contributed by atoms with Crippen LogP contribution in [0.15, 0.2) is 53.6 Å². The highest BCUT2D eigenvalue weighted by Crippen LogP contribution is 2.16. The summed E-state index contributed by atoms with van der Waals surface area (Å²) in [5.41, 5.74) is 4.38. The first-order valence-corrected chi connectivity index (χ1v) is 11.9. The van der Waals surface area contributed by atoms with Gasteiger partial charge in [0, 0.05) is 23.9 Å². The predicted octanol–water partition coefficient (Wildman–Crippen LogP) is 3.40. The Balaban J connectivity index is 1.31. The van der Waals surface area contributed by atoms with Crippen molar-refractivity contribution in [3.05, 3.63) is 64.7 Å². The van der Waals surface area contributed by atoms with Gasteiger partial charge in [0.15, 0.2) is 6.61 Å². The molecule has 7 nitrogen and oxygen atoms in total. The lowest BCUT2D eigenvalue weighted by Gasteiger charge is -2.11. The predicted molar refractivity (Wildman–Crippen MR) is 127 cm³/mol. The lowest BCUT2D eigenvalue weighted by Crippen LogP contribution is -2.35. The van der Waals surface area contributed by atoms with Gasteiger partial charge in [-0.2, -0.15) is 5.10 Å². The summed E-state index contributed by atoms with van der Waals surface area (Å²) in [6.07, 6.45) is 3.68. The minimum Gasteiger partial charge on any atom is -0.484 e. The van der Waals surface area contributed by atoms with Crippen LogP contribution in [0.25, 0.3) is 0 Å². The zero-order valence-electron chi connectivity index (χ0n) is 17.6. The van der Waals surface area contributed by atoms with E-state index in [0.717, 1.165) is 30.6 Å². The molecular formula is C23H26ClN3O4S. The molecule has 1 heterocycles. The van der Waals surface area contributed by atoms with Crippen LogP contribution in [0.3, 0.4) is 0 Å². The van der Waals surface area contributed by atoms with Gasteiger partial charge in [0.25, 0.3) is 5.91 Å². The molecule has 32 heavy (non-hydrogen) atoms. The second-order valence-electron chi connectivity index (χ2n) is 7.21. The van der Waals surface area contributed by atoms with Crippen molar-refractivity contribution >= 4 is 41.4 Å². The molecule has 170 valence electrons. The molecule has 1 saturated heterocycles. The number of halogens is 1. The standard InChI is InChI=1S/C23H26ClN3O4S/c24-19-4-1-3-18(11-19)15-32-16-23(29)27-26-12-17-6-8-20(9-7-17)31-14-22(28)25-13-21-5-2-10-30-21/h1,3-4,6-9,11-12,21H,2,5,10,13-16H2,(H,25,28)(H,27,29)/b26-12-/t21-/m0/s1. The Hall–Kier alpha value is -2.55. The number of rotatable bonds is 11. The Morgan fingerprint density at radius 2 is 2.06 bits per heavy atom. The van der Waals surface area contributed by atoms with Crippen LogP contribution in [0.2, 0.25) is 5.02 Å². The van der Waals surface area contributed by atoms with E-state index in [1.807, 2.05) is 24.3 Å². The zero-order chi connectivity index (χ0) is 22.6. The Morgan fingerprint density at radius 1 is 1.22 bits per heavy atom. The van der Waals surface area contributed by atoms with E-state index < -0.39 is 0 Å². The number of carbonyl (C=O) groups is 2. The van der Waals surface area contributed by atoms with Crippen molar-refractivity contribution in [2.75, 3.05) is 25.5 Å². The molecule has 2 amide bonds. The second kappa shape index (κ2) is 13.1. The van der Waals surface area contributed by atoms with Crippen molar-refractivity contribution in [3.8, 4) is 5.75 Å².